The molecule has 1 aromatic heterocycles. The molecule has 0 aromatic carbocycles. The van der Waals surface area contributed by atoms with Gasteiger partial charge in [-0.1, -0.05) is 6.92 Å². The summed E-state index contributed by atoms with van der Waals surface area (Å²) < 4.78 is 7.00. The average Bonchev–Trinajstić information content (AvgIpc) is 2.66. The molecule has 4 heteroatoms. The molecule has 0 spiro atoms. The molecule has 15 heavy (non-hydrogen) atoms. The molecule has 1 unspecified atom stereocenters. The second kappa shape index (κ2) is 5.66. The molecule has 4 nitrogen and oxygen atoms in total. The minimum absolute atomic E-state index is 0.00259. The van der Waals surface area contributed by atoms with Crippen LogP contribution >= 0.6 is 0 Å². The second-order valence-electron chi connectivity index (χ2n) is 3.40. The molecule has 1 aromatic rings. The molecule has 0 saturated carbocycles. The van der Waals surface area contributed by atoms with E-state index in [1.165, 1.54) is 0 Å². The van der Waals surface area contributed by atoms with Crippen LogP contribution in [0.2, 0.25) is 0 Å². The largest absolute Gasteiger partial charge is 0.371 e. The first-order chi connectivity index (χ1) is 7.20. The van der Waals surface area contributed by atoms with Crippen molar-refractivity contribution in [3.63, 3.8) is 0 Å². The highest BCUT2D eigenvalue weighted by Crippen LogP contribution is 2.06. The molecule has 1 heterocycles. The Bertz CT molecular complexity index is 320. The third-order valence-corrected chi connectivity index (χ3v) is 2.19. The Morgan fingerprint density at radius 1 is 1.60 bits per heavy atom. The molecule has 0 amide bonds. The van der Waals surface area contributed by atoms with Crippen LogP contribution in [0.5, 0.6) is 0 Å². The van der Waals surface area contributed by atoms with Crippen molar-refractivity contribution >= 4 is 5.78 Å². The number of hydrogen-bond donors (Lipinski definition) is 0. The van der Waals surface area contributed by atoms with Crippen molar-refractivity contribution in [2.24, 2.45) is 0 Å². The lowest BCUT2D eigenvalue weighted by Gasteiger charge is -2.11. The molecule has 0 radical (unpaired) electrons. The summed E-state index contributed by atoms with van der Waals surface area (Å²) >= 11 is 0. The van der Waals surface area contributed by atoms with Crippen molar-refractivity contribution < 1.29 is 9.53 Å². The first-order valence-electron chi connectivity index (χ1n) is 5.38. The van der Waals surface area contributed by atoms with Crippen molar-refractivity contribution in [1.29, 1.82) is 0 Å². The van der Waals surface area contributed by atoms with E-state index in [2.05, 4.69) is 12.0 Å². The van der Waals surface area contributed by atoms with Gasteiger partial charge in [-0.25, -0.2) is 0 Å². The summed E-state index contributed by atoms with van der Waals surface area (Å²) in [5.74, 6) is 0.00259. The Labute approximate surface area is 90.2 Å². The van der Waals surface area contributed by atoms with E-state index in [1.54, 1.807) is 23.9 Å². The maximum Gasteiger partial charge on any atom is 0.209 e. The summed E-state index contributed by atoms with van der Waals surface area (Å²) in [5.41, 5.74) is 0.637. The number of carbonyl (C=O) groups is 1. The number of rotatable bonds is 6. The monoisotopic (exact) mass is 210 g/mol. The molecule has 0 aliphatic heterocycles. The summed E-state index contributed by atoms with van der Waals surface area (Å²) in [7, 11) is 0. The number of ether oxygens (including phenoxy) is 1. The molecule has 84 valence electrons. The van der Waals surface area contributed by atoms with Gasteiger partial charge in [0.2, 0.25) is 5.78 Å². The summed E-state index contributed by atoms with van der Waals surface area (Å²) in [6, 6.07) is 1.74. The van der Waals surface area contributed by atoms with E-state index in [0.29, 0.717) is 12.3 Å². The van der Waals surface area contributed by atoms with Crippen LogP contribution in [0.25, 0.3) is 0 Å². The molecule has 0 N–H and O–H groups in total. The first-order valence-corrected chi connectivity index (χ1v) is 5.38. The van der Waals surface area contributed by atoms with Gasteiger partial charge in [0.25, 0.3) is 0 Å². The topological polar surface area (TPSA) is 44.1 Å². The Morgan fingerprint density at radius 3 is 2.93 bits per heavy atom. The SMILES string of the molecule is CCCn1nccc1C(=O)C(C)OCC. The van der Waals surface area contributed by atoms with Gasteiger partial charge in [-0.3, -0.25) is 9.48 Å². The normalized spacial score (nSPS) is 12.7. The number of aryl methyl sites for hydroxylation is 1. The van der Waals surface area contributed by atoms with Crippen LogP contribution in [-0.4, -0.2) is 28.3 Å². The standard InChI is InChI=1S/C11H18N2O2/c1-4-8-13-10(6-7-12-13)11(14)9(3)15-5-2/h6-7,9H,4-5,8H2,1-3H3. The number of ketones is 1. The van der Waals surface area contributed by atoms with Crippen LogP contribution in [0.1, 0.15) is 37.7 Å². The number of nitrogens with zero attached hydrogens (tertiary/aromatic N) is 2. The van der Waals surface area contributed by atoms with E-state index in [-0.39, 0.29) is 11.9 Å². The van der Waals surface area contributed by atoms with Crippen molar-refractivity contribution in [2.75, 3.05) is 6.61 Å². The van der Waals surface area contributed by atoms with Crippen LogP contribution in [0, 0.1) is 0 Å². The van der Waals surface area contributed by atoms with Gasteiger partial charge in [0.1, 0.15) is 11.8 Å². The number of carbonyl (C=O) groups excluding carboxylic acids is 1. The van der Waals surface area contributed by atoms with Crippen molar-refractivity contribution in [1.82, 2.24) is 9.78 Å². The van der Waals surface area contributed by atoms with Gasteiger partial charge in [0, 0.05) is 19.3 Å². The lowest BCUT2D eigenvalue weighted by Crippen LogP contribution is -2.24. The minimum Gasteiger partial charge on any atom is -0.371 e. The lowest BCUT2D eigenvalue weighted by molar-refractivity contribution is 0.0510. The zero-order valence-electron chi connectivity index (χ0n) is 9.56. The highest BCUT2D eigenvalue weighted by atomic mass is 16.5. The highest BCUT2D eigenvalue weighted by molar-refractivity contribution is 5.97. The average molecular weight is 210 g/mol. The molecule has 0 fully saturated rings. The van der Waals surface area contributed by atoms with Crippen molar-refractivity contribution in [2.45, 2.75) is 39.8 Å². The Balaban J connectivity index is 2.76. The van der Waals surface area contributed by atoms with E-state index in [0.717, 1.165) is 13.0 Å². The predicted octanol–water partition coefficient (Wildman–Crippen LogP) is 1.90. The summed E-state index contributed by atoms with van der Waals surface area (Å²) in [4.78, 5) is 11.9. The van der Waals surface area contributed by atoms with Gasteiger partial charge in [-0.2, -0.15) is 5.10 Å². The van der Waals surface area contributed by atoms with Crippen LogP contribution < -0.4 is 0 Å². The fraction of sp³-hybridized carbons (Fsp3) is 0.636. The maximum absolute atomic E-state index is 11.9. The summed E-state index contributed by atoms with van der Waals surface area (Å²) in [6.07, 6.45) is 2.23. The molecule has 0 aliphatic carbocycles. The molecule has 1 rings (SSSR count). The molecule has 0 bridgehead atoms. The summed E-state index contributed by atoms with van der Waals surface area (Å²) in [5, 5.41) is 4.11. The third kappa shape index (κ3) is 2.89. The third-order valence-electron chi connectivity index (χ3n) is 2.19. The molecule has 1 atom stereocenters. The van der Waals surface area contributed by atoms with Gasteiger partial charge in [0.15, 0.2) is 0 Å². The Morgan fingerprint density at radius 2 is 2.33 bits per heavy atom. The highest BCUT2D eigenvalue weighted by Gasteiger charge is 2.18. The van der Waals surface area contributed by atoms with Crippen LogP contribution in [0.3, 0.4) is 0 Å². The Hall–Kier alpha value is -1.16. The van der Waals surface area contributed by atoms with E-state index >= 15 is 0 Å². The minimum atomic E-state index is -0.387. The molecule has 0 saturated heterocycles. The number of hydrogen-bond acceptors (Lipinski definition) is 3. The van der Waals surface area contributed by atoms with Crippen LogP contribution in [0.15, 0.2) is 12.3 Å². The zero-order valence-corrected chi connectivity index (χ0v) is 9.56. The smallest absolute Gasteiger partial charge is 0.209 e. The molecule has 0 aliphatic rings. The zero-order chi connectivity index (χ0) is 11.3. The van der Waals surface area contributed by atoms with E-state index in [4.69, 9.17) is 4.74 Å². The van der Waals surface area contributed by atoms with Crippen LogP contribution in [0.4, 0.5) is 0 Å². The van der Waals surface area contributed by atoms with Crippen LogP contribution in [-0.2, 0) is 11.3 Å². The van der Waals surface area contributed by atoms with Crippen molar-refractivity contribution in [3.05, 3.63) is 18.0 Å². The van der Waals surface area contributed by atoms with Gasteiger partial charge in [-0.05, 0) is 26.3 Å². The fourth-order valence-electron chi connectivity index (χ4n) is 1.47. The Kier molecular flexibility index (Phi) is 4.49. The van der Waals surface area contributed by atoms with Gasteiger partial charge >= 0.3 is 0 Å². The van der Waals surface area contributed by atoms with Gasteiger partial charge < -0.3 is 4.74 Å². The fourth-order valence-corrected chi connectivity index (χ4v) is 1.47. The summed E-state index contributed by atoms with van der Waals surface area (Å²) in [6.45, 7) is 7.03. The molecular formula is C11H18N2O2. The lowest BCUT2D eigenvalue weighted by atomic mass is 10.2. The predicted molar refractivity (Wildman–Crippen MR) is 57.9 cm³/mol. The number of Topliss-reactive ketones (excluding diaryl/α,β-unsaturated/α-hetero) is 1. The van der Waals surface area contributed by atoms with Gasteiger partial charge in [0.05, 0.1) is 0 Å². The maximum atomic E-state index is 11.9. The first kappa shape index (κ1) is 11.9. The second-order valence-corrected chi connectivity index (χ2v) is 3.40. The van der Waals surface area contributed by atoms with E-state index < -0.39 is 0 Å². The van der Waals surface area contributed by atoms with E-state index in [9.17, 15) is 4.79 Å². The quantitative estimate of drug-likeness (QED) is 0.673. The van der Waals surface area contributed by atoms with Crippen molar-refractivity contribution in [3.8, 4) is 0 Å². The number of aromatic nitrogens is 2. The van der Waals surface area contributed by atoms with Gasteiger partial charge in [-0.15, -0.1) is 0 Å². The molecular weight excluding hydrogens is 192 g/mol. The van der Waals surface area contributed by atoms with E-state index in [1.807, 2.05) is 6.92 Å².